The molecule has 0 aromatic rings. The molecule has 82 valence electrons. The molecular weight excluding hydrogens is 178 g/mol. The van der Waals surface area contributed by atoms with Crippen molar-refractivity contribution in [1.29, 1.82) is 0 Å². The van der Waals surface area contributed by atoms with Gasteiger partial charge in [0.2, 0.25) is 5.91 Å². The Hall–Kier alpha value is -0.570. The van der Waals surface area contributed by atoms with E-state index in [1.54, 1.807) is 4.90 Å². The molecule has 1 aliphatic heterocycles. The highest BCUT2D eigenvalue weighted by Gasteiger charge is 2.42. The second-order valence-corrected chi connectivity index (χ2v) is 4.46. The van der Waals surface area contributed by atoms with Gasteiger partial charge in [-0.05, 0) is 12.8 Å². The molecule has 0 aliphatic carbocycles. The quantitative estimate of drug-likeness (QED) is 0.743. The molecule has 0 spiro atoms. The summed E-state index contributed by atoms with van der Waals surface area (Å²) in [5.74, 6) is 0.311. The lowest BCUT2D eigenvalue weighted by molar-refractivity contribution is -0.159. The first kappa shape index (κ1) is 11.5. The summed E-state index contributed by atoms with van der Waals surface area (Å²) in [5, 5.41) is 9.76. The Morgan fingerprint density at radius 1 is 1.50 bits per heavy atom. The molecule has 14 heavy (non-hydrogen) atoms. The average molecular weight is 199 g/mol. The topological polar surface area (TPSA) is 40.5 Å². The van der Waals surface area contributed by atoms with E-state index < -0.39 is 5.60 Å². The number of aliphatic hydroxyl groups is 1. The van der Waals surface area contributed by atoms with Gasteiger partial charge in [-0.1, -0.05) is 27.2 Å². The molecule has 1 unspecified atom stereocenters. The van der Waals surface area contributed by atoms with Crippen LogP contribution in [0.4, 0.5) is 0 Å². The average Bonchev–Trinajstić information content (AvgIpc) is 2.12. The van der Waals surface area contributed by atoms with Crippen molar-refractivity contribution in [2.75, 3.05) is 13.1 Å². The van der Waals surface area contributed by atoms with Crippen molar-refractivity contribution in [3.63, 3.8) is 0 Å². The van der Waals surface area contributed by atoms with Crippen molar-refractivity contribution in [3.05, 3.63) is 0 Å². The summed E-state index contributed by atoms with van der Waals surface area (Å²) in [6.07, 6.45) is 2.72. The number of nitrogens with zero attached hydrogens (tertiary/aromatic N) is 1. The highest BCUT2D eigenvalue weighted by Crippen LogP contribution is 2.26. The summed E-state index contributed by atoms with van der Waals surface area (Å²) >= 11 is 0. The number of likely N-dealkylation sites (tertiary alicyclic amines) is 1. The maximum Gasteiger partial charge on any atom is 0.225 e. The molecule has 0 aromatic heterocycles. The van der Waals surface area contributed by atoms with E-state index in [4.69, 9.17) is 0 Å². The summed E-state index contributed by atoms with van der Waals surface area (Å²) < 4.78 is 0. The largest absolute Gasteiger partial charge is 0.386 e. The molecule has 0 bridgehead atoms. The van der Waals surface area contributed by atoms with Crippen molar-refractivity contribution in [3.8, 4) is 0 Å². The fourth-order valence-corrected chi connectivity index (χ4v) is 1.91. The van der Waals surface area contributed by atoms with Gasteiger partial charge < -0.3 is 10.0 Å². The molecule has 1 aliphatic rings. The van der Waals surface area contributed by atoms with E-state index in [1.807, 2.05) is 13.8 Å². The van der Waals surface area contributed by atoms with Crippen molar-refractivity contribution < 1.29 is 9.90 Å². The van der Waals surface area contributed by atoms with Gasteiger partial charge in [-0.3, -0.25) is 4.79 Å². The highest BCUT2D eigenvalue weighted by molar-refractivity contribution is 5.79. The zero-order valence-electron chi connectivity index (χ0n) is 9.42. The lowest BCUT2D eigenvalue weighted by atomic mass is 9.89. The number of amides is 1. The zero-order valence-corrected chi connectivity index (χ0v) is 9.42. The molecule has 1 saturated heterocycles. The van der Waals surface area contributed by atoms with E-state index in [0.717, 1.165) is 19.3 Å². The van der Waals surface area contributed by atoms with E-state index in [1.165, 1.54) is 0 Å². The normalized spacial score (nSPS) is 21.6. The van der Waals surface area contributed by atoms with Gasteiger partial charge >= 0.3 is 0 Å². The molecule has 1 atom stereocenters. The van der Waals surface area contributed by atoms with Crippen LogP contribution in [0.25, 0.3) is 0 Å². The van der Waals surface area contributed by atoms with Crippen molar-refractivity contribution in [1.82, 2.24) is 4.90 Å². The Labute approximate surface area is 86.1 Å². The lowest BCUT2D eigenvalue weighted by Gasteiger charge is -2.47. The minimum atomic E-state index is -0.596. The predicted molar refractivity (Wildman–Crippen MR) is 55.9 cm³/mol. The Kier molecular flexibility index (Phi) is 3.53. The van der Waals surface area contributed by atoms with Crippen LogP contribution in [-0.2, 0) is 4.79 Å². The first-order valence-electron chi connectivity index (χ1n) is 5.53. The van der Waals surface area contributed by atoms with Crippen LogP contribution in [0.1, 0.15) is 40.0 Å². The molecule has 3 heteroatoms. The molecule has 0 radical (unpaired) electrons. The van der Waals surface area contributed by atoms with E-state index >= 15 is 0 Å². The minimum Gasteiger partial charge on any atom is -0.386 e. The first-order valence-corrected chi connectivity index (χ1v) is 5.53. The Bertz CT molecular complexity index is 209. The van der Waals surface area contributed by atoms with Crippen LogP contribution >= 0.6 is 0 Å². The van der Waals surface area contributed by atoms with E-state index in [-0.39, 0.29) is 11.8 Å². The van der Waals surface area contributed by atoms with Gasteiger partial charge in [-0.25, -0.2) is 0 Å². The molecule has 3 nitrogen and oxygen atoms in total. The summed E-state index contributed by atoms with van der Waals surface area (Å²) in [5.41, 5.74) is -0.596. The smallest absolute Gasteiger partial charge is 0.225 e. The summed E-state index contributed by atoms with van der Waals surface area (Å²) in [7, 11) is 0. The Morgan fingerprint density at radius 3 is 2.50 bits per heavy atom. The van der Waals surface area contributed by atoms with Crippen molar-refractivity contribution in [2.45, 2.75) is 45.6 Å². The number of rotatable bonds is 4. The predicted octanol–water partition coefficient (Wildman–Crippen LogP) is 1.41. The number of hydrogen-bond donors (Lipinski definition) is 1. The molecular formula is C11H21NO2. The number of hydrogen-bond acceptors (Lipinski definition) is 2. The fraction of sp³-hybridized carbons (Fsp3) is 0.909. The maximum absolute atomic E-state index is 11.7. The van der Waals surface area contributed by atoms with Gasteiger partial charge in [0.05, 0.1) is 18.7 Å². The number of carbonyl (C=O) groups excluding carboxylic acids is 1. The molecule has 1 amide bonds. The van der Waals surface area contributed by atoms with Gasteiger partial charge in [-0.15, -0.1) is 0 Å². The van der Waals surface area contributed by atoms with E-state index in [0.29, 0.717) is 13.1 Å². The van der Waals surface area contributed by atoms with Gasteiger partial charge in [0.1, 0.15) is 0 Å². The van der Waals surface area contributed by atoms with Gasteiger partial charge in [0.15, 0.2) is 0 Å². The molecule has 1 N–H and O–H groups in total. The third-order valence-corrected chi connectivity index (χ3v) is 3.08. The second kappa shape index (κ2) is 4.30. The minimum absolute atomic E-state index is 0.112. The van der Waals surface area contributed by atoms with E-state index in [9.17, 15) is 9.90 Å². The van der Waals surface area contributed by atoms with Crippen LogP contribution < -0.4 is 0 Å². The first-order chi connectivity index (χ1) is 6.52. The van der Waals surface area contributed by atoms with Crippen molar-refractivity contribution in [2.24, 2.45) is 5.92 Å². The zero-order chi connectivity index (χ0) is 10.8. The van der Waals surface area contributed by atoms with Crippen LogP contribution in [0, 0.1) is 5.92 Å². The van der Waals surface area contributed by atoms with Crippen LogP contribution in [-0.4, -0.2) is 34.6 Å². The molecule has 1 fully saturated rings. The molecule has 0 saturated carbocycles. The highest BCUT2D eigenvalue weighted by atomic mass is 16.3. The second-order valence-electron chi connectivity index (χ2n) is 4.46. The summed E-state index contributed by atoms with van der Waals surface area (Å²) in [6, 6.07) is 0. The molecule has 1 heterocycles. The SMILES string of the molecule is CCCC(C)C(=O)N1CC(O)(CC)C1. The lowest BCUT2D eigenvalue weighted by Crippen LogP contribution is -2.63. The number of β-amino-alcohol motifs (C(OH)–C–C–N with tert-alkyl or cyclic N) is 1. The Balaban J connectivity index is 2.36. The third kappa shape index (κ3) is 2.27. The van der Waals surface area contributed by atoms with Gasteiger partial charge in [0.25, 0.3) is 0 Å². The monoisotopic (exact) mass is 199 g/mol. The standard InChI is InChI=1S/C11H21NO2/c1-4-6-9(3)10(13)12-7-11(14,5-2)8-12/h9,14H,4-8H2,1-3H3. The van der Waals surface area contributed by atoms with Gasteiger partial charge in [0, 0.05) is 5.92 Å². The van der Waals surface area contributed by atoms with Gasteiger partial charge in [-0.2, -0.15) is 0 Å². The Morgan fingerprint density at radius 2 is 2.07 bits per heavy atom. The number of carbonyl (C=O) groups is 1. The maximum atomic E-state index is 11.7. The summed E-state index contributed by atoms with van der Waals surface area (Å²) in [4.78, 5) is 13.5. The summed E-state index contributed by atoms with van der Waals surface area (Å²) in [6.45, 7) is 7.06. The van der Waals surface area contributed by atoms with Crippen LogP contribution in [0.15, 0.2) is 0 Å². The van der Waals surface area contributed by atoms with Crippen LogP contribution in [0.3, 0.4) is 0 Å². The third-order valence-electron chi connectivity index (χ3n) is 3.08. The van der Waals surface area contributed by atoms with Crippen molar-refractivity contribution >= 4 is 5.91 Å². The van der Waals surface area contributed by atoms with Crippen LogP contribution in [0.5, 0.6) is 0 Å². The van der Waals surface area contributed by atoms with E-state index in [2.05, 4.69) is 6.92 Å². The fourth-order valence-electron chi connectivity index (χ4n) is 1.91. The molecule has 0 aromatic carbocycles. The van der Waals surface area contributed by atoms with Crippen LogP contribution in [0.2, 0.25) is 0 Å². The molecule has 1 rings (SSSR count).